The first-order valence-electron chi connectivity index (χ1n) is 4.20. The zero-order valence-electron chi connectivity index (χ0n) is 7.94. The van der Waals surface area contributed by atoms with Gasteiger partial charge in [0.2, 0.25) is 0 Å². The molecule has 78 valence electrons. The van der Waals surface area contributed by atoms with E-state index in [4.69, 9.17) is 23.2 Å². The molecule has 0 aliphatic heterocycles. The van der Waals surface area contributed by atoms with Crippen molar-refractivity contribution in [3.8, 4) is 0 Å². The van der Waals surface area contributed by atoms with Crippen molar-refractivity contribution in [3.05, 3.63) is 70.7 Å². The minimum Gasteiger partial charge on any atom is -0.0843 e. The number of rotatable bonds is 0. The van der Waals surface area contributed by atoms with Gasteiger partial charge in [-0.2, -0.15) is 0 Å². The van der Waals surface area contributed by atoms with Gasteiger partial charge < -0.3 is 0 Å². The summed E-state index contributed by atoms with van der Waals surface area (Å²) in [5.74, 6) is 0. The largest absolute Gasteiger partial charge is 0.0843 e. The van der Waals surface area contributed by atoms with Crippen LogP contribution in [0.15, 0.2) is 60.7 Å². The van der Waals surface area contributed by atoms with Crippen LogP contribution in [0.25, 0.3) is 0 Å². The zero-order valence-corrected chi connectivity index (χ0v) is 11.5. The molecule has 0 nitrogen and oxygen atoms in total. The van der Waals surface area contributed by atoms with Gasteiger partial charge in [0.05, 0.1) is 0 Å². The zero-order chi connectivity index (χ0) is 10.2. The van der Waals surface area contributed by atoms with Crippen LogP contribution < -0.4 is 0 Å². The SMILES string of the molecule is Clc1ccccc1.Clc1ccccc1.[Mo]. The average molecular weight is 321 g/mol. The normalized spacial score (nSPS) is 8.13. The Kier molecular flexibility index (Phi) is 8.80. The minimum absolute atomic E-state index is 0. The third-order valence-electron chi connectivity index (χ3n) is 1.47. The summed E-state index contributed by atoms with van der Waals surface area (Å²) >= 11 is 11.1. The Bertz CT molecular complexity index is 311. The molecule has 0 aromatic heterocycles. The van der Waals surface area contributed by atoms with Crippen molar-refractivity contribution in [2.75, 3.05) is 0 Å². The fourth-order valence-corrected chi connectivity index (χ4v) is 1.12. The summed E-state index contributed by atoms with van der Waals surface area (Å²) in [5.41, 5.74) is 0. The third-order valence-corrected chi connectivity index (χ3v) is 1.97. The Morgan fingerprint density at radius 3 is 0.933 bits per heavy atom. The molecule has 2 aromatic carbocycles. The van der Waals surface area contributed by atoms with Crippen LogP contribution in [-0.2, 0) is 21.1 Å². The van der Waals surface area contributed by atoms with E-state index in [2.05, 4.69) is 0 Å². The van der Waals surface area contributed by atoms with Crippen LogP contribution >= 0.6 is 23.2 Å². The molecule has 3 heteroatoms. The molecule has 0 amide bonds. The van der Waals surface area contributed by atoms with Gasteiger partial charge in [0.1, 0.15) is 0 Å². The first kappa shape index (κ1) is 14.7. The van der Waals surface area contributed by atoms with E-state index < -0.39 is 0 Å². The number of benzene rings is 2. The molecule has 0 unspecified atom stereocenters. The Labute approximate surface area is 114 Å². The van der Waals surface area contributed by atoms with Crippen LogP contribution in [0.5, 0.6) is 0 Å². The van der Waals surface area contributed by atoms with E-state index in [1.807, 2.05) is 60.7 Å². The molecular weight excluding hydrogens is 311 g/mol. The molecule has 0 saturated heterocycles. The molecule has 0 heterocycles. The fraction of sp³-hybridized carbons (Fsp3) is 0. The fourth-order valence-electron chi connectivity index (χ4n) is 0.829. The maximum absolute atomic E-state index is 5.54. The predicted octanol–water partition coefficient (Wildman–Crippen LogP) is 4.68. The minimum atomic E-state index is 0. The van der Waals surface area contributed by atoms with E-state index in [1.165, 1.54) is 0 Å². The van der Waals surface area contributed by atoms with Gasteiger partial charge >= 0.3 is 0 Å². The molecule has 0 aliphatic rings. The summed E-state index contributed by atoms with van der Waals surface area (Å²) in [7, 11) is 0. The Hall–Kier alpha value is -0.292. The molecule has 0 fully saturated rings. The maximum atomic E-state index is 5.54. The second kappa shape index (κ2) is 8.97. The molecule has 0 atom stereocenters. The van der Waals surface area contributed by atoms with Gasteiger partial charge in [0.15, 0.2) is 0 Å². The van der Waals surface area contributed by atoms with Crippen LogP contribution in [0.4, 0.5) is 0 Å². The maximum Gasteiger partial charge on any atom is 0.0405 e. The molecule has 0 N–H and O–H groups in total. The first-order chi connectivity index (χ1) is 6.79. The van der Waals surface area contributed by atoms with Crippen LogP contribution in [0.3, 0.4) is 0 Å². The number of hydrogen-bond acceptors (Lipinski definition) is 0. The van der Waals surface area contributed by atoms with Crippen molar-refractivity contribution in [3.63, 3.8) is 0 Å². The van der Waals surface area contributed by atoms with Gasteiger partial charge in [0, 0.05) is 31.1 Å². The topological polar surface area (TPSA) is 0 Å². The van der Waals surface area contributed by atoms with Crippen LogP contribution in [0, 0.1) is 0 Å². The average Bonchev–Trinajstić information content (AvgIpc) is 2.21. The predicted molar refractivity (Wildman–Crippen MR) is 62.9 cm³/mol. The van der Waals surface area contributed by atoms with Gasteiger partial charge in [-0.3, -0.25) is 0 Å². The van der Waals surface area contributed by atoms with Crippen LogP contribution in [-0.4, -0.2) is 0 Å². The molecular formula is C12H10Cl2Mo. The van der Waals surface area contributed by atoms with Crippen molar-refractivity contribution < 1.29 is 21.1 Å². The number of halogens is 2. The Balaban J connectivity index is 0.000000245. The van der Waals surface area contributed by atoms with E-state index in [1.54, 1.807) is 0 Å². The molecule has 15 heavy (non-hydrogen) atoms. The monoisotopic (exact) mass is 322 g/mol. The van der Waals surface area contributed by atoms with E-state index in [0.717, 1.165) is 10.0 Å². The van der Waals surface area contributed by atoms with E-state index >= 15 is 0 Å². The van der Waals surface area contributed by atoms with Gasteiger partial charge in [-0.25, -0.2) is 0 Å². The van der Waals surface area contributed by atoms with Crippen molar-refractivity contribution in [1.29, 1.82) is 0 Å². The van der Waals surface area contributed by atoms with E-state index in [0.29, 0.717) is 0 Å². The van der Waals surface area contributed by atoms with E-state index in [9.17, 15) is 0 Å². The summed E-state index contributed by atoms with van der Waals surface area (Å²) in [6.07, 6.45) is 0. The van der Waals surface area contributed by atoms with E-state index in [-0.39, 0.29) is 21.1 Å². The van der Waals surface area contributed by atoms with Crippen LogP contribution in [0.1, 0.15) is 0 Å². The third kappa shape index (κ3) is 7.62. The van der Waals surface area contributed by atoms with Crippen molar-refractivity contribution in [1.82, 2.24) is 0 Å². The Morgan fingerprint density at radius 1 is 0.533 bits per heavy atom. The summed E-state index contributed by atoms with van der Waals surface area (Å²) < 4.78 is 0. The summed E-state index contributed by atoms with van der Waals surface area (Å²) in [6.45, 7) is 0. The van der Waals surface area contributed by atoms with Crippen molar-refractivity contribution in [2.24, 2.45) is 0 Å². The molecule has 0 saturated carbocycles. The molecule has 0 spiro atoms. The van der Waals surface area contributed by atoms with Gasteiger partial charge in [-0.1, -0.05) is 59.6 Å². The first-order valence-corrected chi connectivity index (χ1v) is 4.96. The summed E-state index contributed by atoms with van der Waals surface area (Å²) in [4.78, 5) is 0. The summed E-state index contributed by atoms with van der Waals surface area (Å²) in [6, 6.07) is 18.9. The quantitative estimate of drug-likeness (QED) is 0.618. The van der Waals surface area contributed by atoms with Crippen molar-refractivity contribution >= 4 is 23.2 Å². The smallest absolute Gasteiger partial charge is 0.0405 e. The molecule has 0 radical (unpaired) electrons. The van der Waals surface area contributed by atoms with Gasteiger partial charge in [-0.15, -0.1) is 0 Å². The van der Waals surface area contributed by atoms with Crippen LogP contribution in [0.2, 0.25) is 10.0 Å². The molecule has 0 bridgehead atoms. The summed E-state index contributed by atoms with van der Waals surface area (Å²) in [5, 5.41) is 1.59. The van der Waals surface area contributed by atoms with Gasteiger partial charge in [0.25, 0.3) is 0 Å². The second-order valence-electron chi connectivity index (χ2n) is 2.59. The van der Waals surface area contributed by atoms with Crippen molar-refractivity contribution in [2.45, 2.75) is 0 Å². The molecule has 2 rings (SSSR count). The van der Waals surface area contributed by atoms with Gasteiger partial charge in [-0.05, 0) is 24.3 Å². The molecule has 0 aliphatic carbocycles. The standard InChI is InChI=1S/2C6H5Cl.Mo/c2*7-6-4-2-1-3-5-6;/h2*1-5H;. The second-order valence-corrected chi connectivity index (χ2v) is 3.46. The number of hydrogen-bond donors (Lipinski definition) is 0. The molecule has 2 aromatic rings. The Morgan fingerprint density at radius 2 is 0.800 bits per heavy atom.